The van der Waals surface area contributed by atoms with Crippen molar-refractivity contribution in [1.82, 2.24) is 10.6 Å². The predicted molar refractivity (Wildman–Crippen MR) is 75.5 cm³/mol. The summed E-state index contributed by atoms with van der Waals surface area (Å²) in [5.74, 6) is 1.22. The molecule has 4 nitrogen and oxygen atoms in total. The maximum absolute atomic E-state index is 11.7. The predicted octanol–water partition coefficient (Wildman–Crippen LogP) is 1.19. The van der Waals surface area contributed by atoms with E-state index in [1.807, 2.05) is 6.07 Å². The van der Waals surface area contributed by atoms with E-state index in [1.54, 1.807) is 7.11 Å². The molecule has 104 valence electrons. The quantitative estimate of drug-likeness (QED) is 0.838. The molecule has 2 N–H and O–H groups in total. The number of rotatable bonds is 5. The summed E-state index contributed by atoms with van der Waals surface area (Å²) < 4.78 is 5.42. The van der Waals surface area contributed by atoms with E-state index in [0.717, 1.165) is 25.3 Å². The Morgan fingerprint density at radius 2 is 2.16 bits per heavy atom. The summed E-state index contributed by atoms with van der Waals surface area (Å²) in [6.07, 6.45) is 0.807. The molecule has 0 aromatic heterocycles. The lowest BCUT2D eigenvalue weighted by molar-refractivity contribution is -0.126. The van der Waals surface area contributed by atoms with Crippen LogP contribution >= 0.6 is 0 Å². The maximum atomic E-state index is 11.7. The lowest BCUT2D eigenvalue weighted by atomic mass is 10.0. The van der Waals surface area contributed by atoms with Crippen molar-refractivity contribution in [3.05, 3.63) is 28.8 Å². The fraction of sp³-hybridized carbons (Fsp3) is 0.533. The molecule has 1 amide bonds. The van der Waals surface area contributed by atoms with E-state index >= 15 is 0 Å². The van der Waals surface area contributed by atoms with Crippen molar-refractivity contribution in [2.24, 2.45) is 5.92 Å². The highest BCUT2D eigenvalue weighted by molar-refractivity contribution is 5.80. The van der Waals surface area contributed by atoms with E-state index in [4.69, 9.17) is 4.74 Å². The number of ether oxygens (including phenoxy) is 1. The first-order valence-electron chi connectivity index (χ1n) is 6.74. The molecule has 1 saturated heterocycles. The highest BCUT2D eigenvalue weighted by Crippen LogP contribution is 2.24. The second-order valence-electron chi connectivity index (χ2n) is 5.16. The third-order valence-electron chi connectivity index (χ3n) is 3.62. The summed E-state index contributed by atoms with van der Waals surface area (Å²) in [5.41, 5.74) is 3.60. The first kappa shape index (κ1) is 13.9. The highest BCUT2D eigenvalue weighted by atomic mass is 16.5. The molecule has 0 atom stereocenters. The lowest BCUT2D eigenvalue weighted by Crippen LogP contribution is -2.51. The van der Waals surface area contributed by atoms with E-state index < -0.39 is 0 Å². The zero-order valence-corrected chi connectivity index (χ0v) is 11.9. The van der Waals surface area contributed by atoms with E-state index in [1.165, 1.54) is 16.7 Å². The van der Waals surface area contributed by atoms with Crippen LogP contribution in [0.5, 0.6) is 5.75 Å². The van der Waals surface area contributed by atoms with E-state index in [2.05, 4.69) is 30.5 Å². The Balaban J connectivity index is 1.93. The van der Waals surface area contributed by atoms with Gasteiger partial charge in [0.1, 0.15) is 5.75 Å². The molecule has 0 aliphatic carbocycles. The van der Waals surface area contributed by atoms with Crippen molar-refractivity contribution in [2.45, 2.75) is 20.3 Å². The Bertz CT molecular complexity index is 467. The number of aryl methyl sites for hydroxylation is 2. The van der Waals surface area contributed by atoms with Gasteiger partial charge in [0.15, 0.2) is 0 Å². The lowest BCUT2D eigenvalue weighted by Gasteiger charge is -2.25. The van der Waals surface area contributed by atoms with Crippen LogP contribution < -0.4 is 15.4 Å². The highest BCUT2D eigenvalue weighted by Gasteiger charge is 2.24. The zero-order chi connectivity index (χ0) is 13.8. The van der Waals surface area contributed by atoms with Crippen LogP contribution in [0.15, 0.2) is 12.1 Å². The number of methoxy groups -OCH3 is 1. The molecule has 0 bridgehead atoms. The van der Waals surface area contributed by atoms with Crippen LogP contribution in [0.1, 0.15) is 16.7 Å². The van der Waals surface area contributed by atoms with E-state index in [9.17, 15) is 4.79 Å². The Kier molecular flexibility index (Phi) is 4.43. The van der Waals surface area contributed by atoms with E-state index in [-0.39, 0.29) is 11.8 Å². The number of benzene rings is 1. The van der Waals surface area contributed by atoms with Gasteiger partial charge in [0.25, 0.3) is 0 Å². The molecule has 0 spiro atoms. The molecular weight excluding hydrogens is 240 g/mol. The molecule has 4 heteroatoms. The van der Waals surface area contributed by atoms with Crippen molar-refractivity contribution < 1.29 is 9.53 Å². The van der Waals surface area contributed by atoms with Crippen molar-refractivity contribution in [1.29, 1.82) is 0 Å². The van der Waals surface area contributed by atoms with Crippen molar-refractivity contribution in [3.8, 4) is 5.75 Å². The SMILES string of the molecule is COc1cc(C)cc(C)c1CCNC(=O)C1CNC1. The van der Waals surface area contributed by atoms with Gasteiger partial charge in [-0.1, -0.05) is 6.07 Å². The van der Waals surface area contributed by atoms with Gasteiger partial charge in [-0.05, 0) is 43.0 Å². The maximum Gasteiger partial charge on any atom is 0.225 e. The summed E-state index contributed by atoms with van der Waals surface area (Å²) in [4.78, 5) is 11.7. The van der Waals surface area contributed by atoms with Gasteiger partial charge >= 0.3 is 0 Å². The Labute approximate surface area is 114 Å². The number of nitrogens with one attached hydrogen (secondary N) is 2. The number of hydrogen-bond donors (Lipinski definition) is 2. The standard InChI is InChI=1S/C15H22N2O2/c1-10-6-11(2)13(14(7-10)19-3)4-5-17-15(18)12-8-16-9-12/h6-7,12,16H,4-5,8-9H2,1-3H3,(H,17,18). The van der Waals surface area contributed by atoms with Crippen LogP contribution in [0.25, 0.3) is 0 Å². The van der Waals surface area contributed by atoms with Crippen LogP contribution in [0.4, 0.5) is 0 Å². The van der Waals surface area contributed by atoms with Crippen molar-refractivity contribution in [2.75, 3.05) is 26.7 Å². The normalized spacial score (nSPS) is 14.9. The molecule has 1 aliphatic heterocycles. The van der Waals surface area contributed by atoms with Gasteiger partial charge in [-0.3, -0.25) is 4.79 Å². The molecule has 19 heavy (non-hydrogen) atoms. The van der Waals surface area contributed by atoms with Crippen LogP contribution in [-0.4, -0.2) is 32.7 Å². The molecule has 1 aromatic rings. The second-order valence-corrected chi connectivity index (χ2v) is 5.16. The summed E-state index contributed by atoms with van der Waals surface area (Å²) in [6.45, 7) is 6.42. The summed E-state index contributed by atoms with van der Waals surface area (Å²) in [7, 11) is 1.69. The van der Waals surface area contributed by atoms with Crippen LogP contribution in [-0.2, 0) is 11.2 Å². The third kappa shape index (κ3) is 3.26. The summed E-state index contributed by atoms with van der Waals surface area (Å²) in [5, 5.41) is 6.09. The van der Waals surface area contributed by atoms with Gasteiger partial charge in [0.05, 0.1) is 13.0 Å². The van der Waals surface area contributed by atoms with Crippen LogP contribution in [0, 0.1) is 19.8 Å². The minimum absolute atomic E-state index is 0.154. The van der Waals surface area contributed by atoms with Gasteiger partial charge in [0, 0.05) is 19.6 Å². The molecule has 0 unspecified atom stereocenters. The zero-order valence-electron chi connectivity index (χ0n) is 11.9. The molecular formula is C15H22N2O2. The molecule has 1 aliphatic rings. The largest absolute Gasteiger partial charge is 0.496 e. The number of hydrogen-bond acceptors (Lipinski definition) is 3. The Hall–Kier alpha value is -1.55. The fourth-order valence-electron chi connectivity index (χ4n) is 2.39. The van der Waals surface area contributed by atoms with Crippen LogP contribution in [0.3, 0.4) is 0 Å². The number of carbonyl (C=O) groups is 1. The molecule has 2 rings (SSSR count). The van der Waals surface area contributed by atoms with Gasteiger partial charge in [0.2, 0.25) is 5.91 Å². The van der Waals surface area contributed by atoms with Gasteiger partial charge in [-0.25, -0.2) is 0 Å². The molecule has 1 aromatic carbocycles. The smallest absolute Gasteiger partial charge is 0.225 e. The van der Waals surface area contributed by atoms with Crippen molar-refractivity contribution >= 4 is 5.91 Å². The first-order valence-corrected chi connectivity index (χ1v) is 6.74. The Morgan fingerprint density at radius 3 is 2.74 bits per heavy atom. The van der Waals surface area contributed by atoms with E-state index in [0.29, 0.717) is 6.54 Å². The summed E-state index contributed by atoms with van der Waals surface area (Å²) in [6, 6.07) is 4.19. The minimum Gasteiger partial charge on any atom is -0.496 e. The average Bonchev–Trinajstić information content (AvgIpc) is 2.29. The second kappa shape index (κ2) is 6.06. The molecule has 1 fully saturated rings. The fourth-order valence-corrected chi connectivity index (χ4v) is 2.39. The minimum atomic E-state index is 0.154. The monoisotopic (exact) mass is 262 g/mol. The number of carbonyl (C=O) groups excluding carboxylic acids is 1. The van der Waals surface area contributed by atoms with Gasteiger partial charge < -0.3 is 15.4 Å². The molecule has 0 saturated carbocycles. The van der Waals surface area contributed by atoms with Crippen LogP contribution in [0.2, 0.25) is 0 Å². The third-order valence-corrected chi connectivity index (χ3v) is 3.62. The Morgan fingerprint density at radius 1 is 1.42 bits per heavy atom. The molecule has 1 heterocycles. The van der Waals surface area contributed by atoms with Gasteiger partial charge in [-0.2, -0.15) is 0 Å². The molecule has 0 radical (unpaired) electrons. The topological polar surface area (TPSA) is 50.4 Å². The number of amides is 1. The van der Waals surface area contributed by atoms with Gasteiger partial charge in [-0.15, -0.1) is 0 Å². The summed E-state index contributed by atoms with van der Waals surface area (Å²) >= 11 is 0. The average molecular weight is 262 g/mol. The first-order chi connectivity index (χ1) is 9.11. The van der Waals surface area contributed by atoms with Crippen molar-refractivity contribution in [3.63, 3.8) is 0 Å².